The maximum atomic E-state index is 12.4. The minimum absolute atomic E-state index is 0.135. The van der Waals surface area contributed by atoms with Crippen LogP contribution in [-0.2, 0) is 16.6 Å². The Morgan fingerprint density at radius 2 is 2.24 bits per heavy atom. The van der Waals surface area contributed by atoms with E-state index in [0.29, 0.717) is 16.2 Å². The summed E-state index contributed by atoms with van der Waals surface area (Å²) in [5, 5.41) is 9.35. The lowest BCUT2D eigenvalue weighted by molar-refractivity contribution is 0.270. The molecule has 1 aliphatic carbocycles. The number of aliphatic hydroxyl groups is 1. The third-order valence-corrected chi connectivity index (χ3v) is 5.25. The lowest BCUT2D eigenvalue weighted by Gasteiger charge is -2.07. The van der Waals surface area contributed by atoms with Crippen LogP contribution >= 0.6 is 15.9 Å². The molecule has 3 rings (SSSR count). The highest BCUT2D eigenvalue weighted by Crippen LogP contribution is 2.37. The van der Waals surface area contributed by atoms with Crippen molar-refractivity contribution in [2.45, 2.75) is 30.4 Å². The van der Waals surface area contributed by atoms with Gasteiger partial charge < -0.3 is 9.67 Å². The highest BCUT2D eigenvalue weighted by atomic mass is 79.9. The molecule has 1 fully saturated rings. The molecule has 2 aromatic heterocycles. The monoisotopic (exact) mass is 371 g/mol. The predicted octanol–water partition coefficient (Wildman–Crippen LogP) is 2.27. The Hall–Kier alpha value is -1.38. The summed E-state index contributed by atoms with van der Waals surface area (Å²) in [5.41, 5.74) is 0.609. The summed E-state index contributed by atoms with van der Waals surface area (Å²) >= 11 is 3.25. The Morgan fingerprint density at radius 3 is 2.86 bits per heavy atom. The normalized spacial score (nSPS) is 15.1. The summed E-state index contributed by atoms with van der Waals surface area (Å²) in [6, 6.07) is 5.21. The molecule has 21 heavy (non-hydrogen) atoms. The van der Waals surface area contributed by atoms with Crippen LogP contribution in [0, 0.1) is 0 Å². The van der Waals surface area contributed by atoms with Gasteiger partial charge in [-0.2, -0.15) is 0 Å². The zero-order valence-corrected chi connectivity index (χ0v) is 13.4. The van der Waals surface area contributed by atoms with Gasteiger partial charge in [0.2, 0.25) is 0 Å². The summed E-state index contributed by atoms with van der Waals surface area (Å²) in [6.45, 7) is -0.181. The molecule has 1 aliphatic rings. The number of aromatic nitrogens is 2. The van der Waals surface area contributed by atoms with Crippen LogP contribution in [0.25, 0.3) is 0 Å². The first-order valence-corrected chi connectivity index (χ1v) is 8.74. The summed E-state index contributed by atoms with van der Waals surface area (Å²) in [6.07, 6.45) is 5.11. The van der Waals surface area contributed by atoms with E-state index in [-0.39, 0.29) is 17.3 Å². The Kier molecular flexibility index (Phi) is 3.76. The maximum absolute atomic E-state index is 12.4. The molecule has 0 saturated heterocycles. The van der Waals surface area contributed by atoms with Crippen LogP contribution < -0.4 is 4.72 Å². The van der Waals surface area contributed by atoms with Crippen LogP contribution in [0.4, 0.5) is 5.82 Å². The topological polar surface area (TPSA) is 84.2 Å². The van der Waals surface area contributed by atoms with Gasteiger partial charge in [-0.3, -0.25) is 4.72 Å². The van der Waals surface area contributed by atoms with Gasteiger partial charge in [-0.05, 0) is 47.0 Å². The molecule has 2 N–H and O–H groups in total. The fourth-order valence-electron chi connectivity index (χ4n) is 2.11. The third-order valence-electron chi connectivity index (χ3n) is 3.31. The molecule has 2 heterocycles. The molecule has 2 aromatic rings. The van der Waals surface area contributed by atoms with E-state index in [4.69, 9.17) is 0 Å². The number of hydrogen-bond acceptors (Lipinski definition) is 4. The van der Waals surface area contributed by atoms with Crippen molar-refractivity contribution < 1.29 is 13.5 Å². The summed E-state index contributed by atoms with van der Waals surface area (Å²) in [5.74, 6) is 0.238. The van der Waals surface area contributed by atoms with Gasteiger partial charge in [0.05, 0.1) is 11.1 Å². The summed E-state index contributed by atoms with van der Waals surface area (Å²) in [4.78, 5) is 4.13. The van der Waals surface area contributed by atoms with E-state index in [1.54, 1.807) is 18.3 Å². The van der Waals surface area contributed by atoms with E-state index >= 15 is 0 Å². The summed E-state index contributed by atoms with van der Waals surface area (Å²) < 4.78 is 29.7. The largest absolute Gasteiger partial charge is 0.390 e. The number of hydrogen-bond donors (Lipinski definition) is 2. The van der Waals surface area contributed by atoms with Crippen molar-refractivity contribution in [3.05, 3.63) is 40.8 Å². The SMILES string of the molecule is O=S(=O)(Nc1ncccc1Br)c1cc(CO)n(C2CC2)c1. The Morgan fingerprint density at radius 1 is 1.48 bits per heavy atom. The number of anilines is 1. The molecule has 0 atom stereocenters. The standard InChI is InChI=1S/C13H14BrN3O3S/c14-12-2-1-5-15-13(12)16-21(19,20)11-6-10(8-18)17(7-11)9-3-4-9/h1-2,5-7,9,18H,3-4,8H2,(H,15,16). The molecule has 0 aliphatic heterocycles. The second-order valence-electron chi connectivity index (χ2n) is 4.90. The number of aliphatic hydroxyl groups excluding tert-OH is 1. The van der Waals surface area contributed by atoms with Crippen molar-refractivity contribution in [1.29, 1.82) is 0 Å². The van der Waals surface area contributed by atoms with Crippen molar-refractivity contribution in [3.63, 3.8) is 0 Å². The molecule has 0 bridgehead atoms. The van der Waals surface area contributed by atoms with Crippen LogP contribution in [0.3, 0.4) is 0 Å². The van der Waals surface area contributed by atoms with E-state index in [0.717, 1.165) is 12.8 Å². The van der Waals surface area contributed by atoms with Crippen molar-refractivity contribution in [1.82, 2.24) is 9.55 Å². The fourth-order valence-corrected chi connectivity index (χ4v) is 3.67. The van der Waals surface area contributed by atoms with E-state index in [9.17, 15) is 13.5 Å². The minimum Gasteiger partial charge on any atom is -0.390 e. The molecular weight excluding hydrogens is 358 g/mol. The van der Waals surface area contributed by atoms with Crippen molar-refractivity contribution in [3.8, 4) is 0 Å². The smallest absolute Gasteiger partial charge is 0.264 e. The molecule has 8 heteroatoms. The highest BCUT2D eigenvalue weighted by molar-refractivity contribution is 9.10. The lowest BCUT2D eigenvalue weighted by Crippen LogP contribution is -2.13. The first-order chi connectivity index (χ1) is 10.0. The molecule has 0 unspecified atom stereocenters. The molecule has 112 valence electrons. The Labute approximate surface area is 131 Å². The summed E-state index contributed by atoms with van der Waals surface area (Å²) in [7, 11) is -3.73. The zero-order chi connectivity index (χ0) is 15.0. The highest BCUT2D eigenvalue weighted by Gasteiger charge is 2.28. The van der Waals surface area contributed by atoms with Crippen LogP contribution in [0.5, 0.6) is 0 Å². The lowest BCUT2D eigenvalue weighted by atomic mass is 10.4. The van der Waals surface area contributed by atoms with Gasteiger partial charge in [0.15, 0.2) is 5.82 Å². The van der Waals surface area contributed by atoms with Gasteiger partial charge in [-0.25, -0.2) is 13.4 Å². The van der Waals surface area contributed by atoms with E-state index < -0.39 is 10.0 Å². The van der Waals surface area contributed by atoms with Crippen LogP contribution in [0.1, 0.15) is 24.6 Å². The average Bonchev–Trinajstić information content (AvgIpc) is 3.19. The molecule has 0 amide bonds. The average molecular weight is 372 g/mol. The quantitative estimate of drug-likeness (QED) is 0.844. The number of pyridine rings is 1. The minimum atomic E-state index is -3.73. The first-order valence-electron chi connectivity index (χ1n) is 6.46. The van der Waals surface area contributed by atoms with E-state index in [1.807, 2.05) is 4.57 Å². The second kappa shape index (κ2) is 5.43. The van der Waals surface area contributed by atoms with Crippen LogP contribution in [0.15, 0.2) is 40.0 Å². The molecule has 0 radical (unpaired) electrons. The second-order valence-corrected chi connectivity index (χ2v) is 7.44. The number of nitrogens with one attached hydrogen (secondary N) is 1. The maximum Gasteiger partial charge on any atom is 0.264 e. The fraction of sp³-hybridized carbons (Fsp3) is 0.308. The van der Waals surface area contributed by atoms with E-state index in [1.165, 1.54) is 12.3 Å². The zero-order valence-electron chi connectivity index (χ0n) is 11.0. The van der Waals surface area contributed by atoms with Gasteiger partial charge in [0.25, 0.3) is 10.0 Å². The molecule has 1 saturated carbocycles. The van der Waals surface area contributed by atoms with Gasteiger partial charge in [-0.1, -0.05) is 0 Å². The molecule has 0 spiro atoms. The van der Waals surface area contributed by atoms with Gasteiger partial charge in [-0.15, -0.1) is 0 Å². The number of nitrogens with zero attached hydrogens (tertiary/aromatic N) is 2. The van der Waals surface area contributed by atoms with Crippen molar-refractivity contribution in [2.75, 3.05) is 4.72 Å². The number of sulfonamides is 1. The Balaban J connectivity index is 1.93. The first kappa shape index (κ1) is 14.6. The van der Waals surface area contributed by atoms with Gasteiger partial charge in [0, 0.05) is 24.1 Å². The number of rotatable bonds is 5. The predicted molar refractivity (Wildman–Crippen MR) is 81.4 cm³/mol. The number of halogens is 1. The van der Waals surface area contributed by atoms with Crippen LogP contribution in [-0.4, -0.2) is 23.1 Å². The molecule has 0 aromatic carbocycles. The third kappa shape index (κ3) is 2.97. The van der Waals surface area contributed by atoms with Crippen molar-refractivity contribution >= 4 is 31.8 Å². The van der Waals surface area contributed by atoms with Gasteiger partial charge >= 0.3 is 0 Å². The van der Waals surface area contributed by atoms with Gasteiger partial charge in [0.1, 0.15) is 4.90 Å². The Bertz CT molecular complexity index is 769. The molecular formula is C13H14BrN3O3S. The van der Waals surface area contributed by atoms with Crippen molar-refractivity contribution in [2.24, 2.45) is 0 Å². The van der Waals surface area contributed by atoms with E-state index in [2.05, 4.69) is 25.6 Å². The van der Waals surface area contributed by atoms with Crippen LogP contribution in [0.2, 0.25) is 0 Å². The molecule has 6 nitrogen and oxygen atoms in total.